The number of rotatable bonds is 4. The second-order valence-corrected chi connectivity index (χ2v) is 7.59. The van der Waals surface area contributed by atoms with Crippen LogP contribution in [-0.4, -0.2) is 44.4 Å². The third-order valence-electron chi connectivity index (χ3n) is 5.25. The van der Waals surface area contributed by atoms with E-state index < -0.39 is 19.0 Å². The molecule has 0 bridgehead atoms. The van der Waals surface area contributed by atoms with Crippen molar-refractivity contribution in [1.29, 1.82) is 0 Å². The molecule has 1 amide bonds. The molecule has 0 saturated carbocycles. The molecule has 156 valence electrons. The van der Waals surface area contributed by atoms with Crippen LogP contribution in [0.15, 0.2) is 61.3 Å². The molecule has 0 spiro atoms. The van der Waals surface area contributed by atoms with Gasteiger partial charge in [0.15, 0.2) is 0 Å². The highest BCUT2D eigenvalue weighted by Gasteiger charge is 2.44. The lowest BCUT2D eigenvalue weighted by atomic mass is 10.1. The van der Waals surface area contributed by atoms with Crippen LogP contribution in [0.3, 0.4) is 0 Å². The number of nitrogens with one attached hydrogen (secondary N) is 1. The number of aromatic nitrogens is 4. The van der Waals surface area contributed by atoms with E-state index in [9.17, 15) is 13.6 Å². The van der Waals surface area contributed by atoms with Crippen molar-refractivity contribution >= 4 is 28.3 Å². The molecule has 1 aromatic carbocycles. The molecule has 1 saturated heterocycles. The monoisotopic (exact) mass is 420 g/mol. The maximum atomic E-state index is 13.1. The van der Waals surface area contributed by atoms with Crippen molar-refractivity contribution in [2.75, 3.05) is 23.3 Å². The van der Waals surface area contributed by atoms with E-state index in [-0.39, 0.29) is 5.91 Å². The number of carbonyl (C=O) groups excluding carboxylic acids is 1. The van der Waals surface area contributed by atoms with Crippen LogP contribution < -0.4 is 10.2 Å². The molecular weight excluding hydrogens is 402 g/mol. The highest BCUT2D eigenvalue weighted by Crippen LogP contribution is 2.31. The van der Waals surface area contributed by atoms with Crippen LogP contribution in [0, 0.1) is 0 Å². The lowest BCUT2D eigenvalue weighted by molar-refractivity contribution is -0.0267. The molecule has 31 heavy (non-hydrogen) atoms. The first-order valence-corrected chi connectivity index (χ1v) is 9.65. The number of halogens is 2. The van der Waals surface area contributed by atoms with Gasteiger partial charge in [-0.1, -0.05) is 12.1 Å². The normalized spacial score (nSPS) is 15.0. The predicted molar refractivity (Wildman–Crippen MR) is 113 cm³/mol. The number of hydrogen-bond donors (Lipinski definition) is 1. The lowest BCUT2D eigenvalue weighted by Gasteiger charge is -2.39. The summed E-state index contributed by atoms with van der Waals surface area (Å²) in [6.45, 7) is -0.785. The van der Waals surface area contributed by atoms with Crippen molar-refractivity contribution in [2.45, 2.75) is 5.92 Å². The van der Waals surface area contributed by atoms with Gasteiger partial charge in [0.1, 0.15) is 11.6 Å². The molecule has 0 atom stereocenters. The first-order chi connectivity index (χ1) is 14.9. The Morgan fingerprint density at radius 3 is 2.65 bits per heavy atom. The van der Waals surface area contributed by atoms with Gasteiger partial charge in [-0.2, -0.15) is 0 Å². The zero-order valence-electron chi connectivity index (χ0n) is 16.6. The molecule has 1 aliphatic rings. The van der Waals surface area contributed by atoms with Gasteiger partial charge in [0.25, 0.3) is 11.8 Å². The minimum absolute atomic E-state index is 0.325. The molecule has 4 aromatic rings. The molecule has 1 N–H and O–H groups in total. The largest absolute Gasteiger partial charge is 0.344 e. The number of hydrogen-bond acceptors (Lipinski definition) is 5. The number of anilines is 2. The van der Waals surface area contributed by atoms with E-state index in [1.54, 1.807) is 24.8 Å². The zero-order valence-corrected chi connectivity index (χ0v) is 16.6. The number of nitrogens with zero attached hydrogens (tertiary/aromatic N) is 5. The van der Waals surface area contributed by atoms with Crippen LogP contribution in [0.2, 0.25) is 0 Å². The first-order valence-electron chi connectivity index (χ1n) is 9.65. The number of benzene rings is 1. The molecule has 1 fully saturated rings. The third kappa shape index (κ3) is 3.70. The van der Waals surface area contributed by atoms with Crippen LogP contribution in [-0.2, 0) is 7.05 Å². The second kappa shape index (κ2) is 7.12. The molecule has 7 nitrogen and oxygen atoms in total. The number of carbonyl (C=O) groups is 1. The summed E-state index contributed by atoms with van der Waals surface area (Å²) in [6, 6.07) is 10.8. The summed E-state index contributed by atoms with van der Waals surface area (Å²) in [4.78, 5) is 26.7. The Hall–Kier alpha value is -3.88. The number of imidazole rings is 1. The number of amides is 1. The van der Waals surface area contributed by atoms with Crippen molar-refractivity contribution in [3.8, 4) is 11.3 Å². The van der Waals surface area contributed by atoms with E-state index in [0.717, 1.165) is 22.0 Å². The van der Waals surface area contributed by atoms with Crippen molar-refractivity contribution < 1.29 is 13.6 Å². The molecule has 0 unspecified atom stereocenters. The fourth-order valence-electron chi connectivity index (χ4n) is 3.60. The summed E-state index contributed by atoms with van der Waals surface area (Å²) in [5.74, 6) is -2.34. The van der Waals surface area contributed by atoms with E-state index in [4.69, 9.17) is 0 Å². The summed E-state index contributed by atoms with van der Waals surface area (Å²) in [7, 11) is 1.93. The lowest BCUT2D eigenvalue weighted by Crippen LogP contribution is -2.56. The molecular formula is C22H18F2N6O. The SMILES string of the molecule is Cn1cncc1-c1ccc2cnc(NC(=O)c3ccnc(N4CC(F)(F)C4)c3)cc2c1. The van der Waals surface area contributed by atoms with Gasteiger partial charge in [0, 0.05) is 36.0 Å². The van der Waals surface area contributed by atoms with E-state index in [1.807, 2.05) is 29.8 Å². The second-order valence-electron chi connectivity index (χ2n) is 7.59. The molecule has 4 heterocycles. The molecule has 3 aromatic heterocycles. The predicted octanol–water partition coefficient (Wildman–Crippen LogP) is 3.74. The smallest absolute Gasteiger partial charge is 0.282 e. The van der Waals surface area contributed by atoms with Crippen molar-refractivity contribution in [3.05, 3.63) is 66.9 Å². The molecule has 0 radical (unpaired) electrons. The standard InChI is InChI=1S/C22H18F2N6O/c1-29-13-25-10-18(29)14-2-3-16-9-27-19(7-17(16)6-14)28-21(31)15-4-5-26-20(8-15)30-11-22(23,24)12-30/h2-10,13H,11-12H2,1H3,(H,27,28,31). The van der Waals surface area contributed by atoms with Crippen molar-refractivity contribution in [3.63, 3.8) is 0 Å². The van der Waals surface area contributed by atoms with Crippen molar-refractivity contribution in [1.82, 2.24) is 19.5 Å². The number of alkyl halides is 2. The summed E-state index contributed by atoms with van der Waals surface area (Å²) in [5.41, 5.74) is 2.30. The number of pyridine rings is 2. The summed E-state index contributed by atoms with van der Waals surface area (Å²) >= 11 is 0. The minimum atomic E-state index is -2.71. The van der Waals surface area contributed by atoms with Crippen LogP contribution in [0.1, 0.15) is 10.4 Å². The quantitative estimate of drug-likeness (QED) is 0.544. The Morgan fingerprint density at radius 2 is 1.90 bits per heavy atom. The van der Waals surface area contributed by atoms with E-state index in [1.165, 1.54) is 23.2 Å². The topological polar surface area (TPSA) is 75.9 Å². The Kier molecular flexibility index (Phi) is 4.39. The van der Waals surface area contributed by atoms with Gasteiger partial charge < -0.3 is 14.8 Å². The Morgan fingerprint density at radius 1 is 1.06 bits per heavy atom. The maximum Gasteiger partial charge on any atom is 0.282 e. The van der Waals surface area contributed by atoms with E-state index in [0.29, 0.717) is 17.2 Å². The fourth-order valence-corrected chi connectivity index (χ4v) is 3.60. The number of fused-ring (bicyclic) bond motifs is 1. The highest BCUT2D eigenvalue weighted by atomic mass is 19.3. The van der Waals surface area contributed by atoms with Crippen LogP contribution in [0.4, 0.5) is 20.4 Å². The maximum absolute atomic E-state index is 13.1. The van der Waals surface area contributed by atoms with Gasteiger partial charge in [0.2, 0.25) is 0 Å². The first kappa shape index (κ1) is 19.1. The van der Waals surface area contributed by atoms with Gasteiger partial charge >= 0.3 is 0 Å². The third-order valence-corrected chi connectivity index (χ3v) is 5.25. The van der Waals surface area contributed by atoms with Crippen LogP contribution >= 0.6 is 0 Å². The van der Waals surface area contributed by atoms with Gasteiger partial charge in [-0.25, -0.2) is 23.7 Å². The average molecular weight is 420 g/mol. The summed E-state index contributed by atoms with van der Waals surface area (Å²) in [5, 5.41) is 4.63. The number of aryl methyl sites for hydroxylation is 1. The minimum Gasteiger partial charge on any atom is -0.344 e. The molecule has 0 aliphatic carbocycles. The van der Waals surface area contributed by atoms with Crippen molar-refractivity contribution in [2.24, 2.45) is 7.05 Å². The van der Waals surface area contributed by atoms with Gasteiger partial charge in [-0.05, 0) is 29.7 Å². The molecule has 1 aliphatic heterocycles. The molecule has 5 rings (SSSR count). The fraction of sp³-hybridized carbons (Fsp3) is 0.182. The Labute approximate surface area is 176 Å². The van der Waals surface area contributed by atoms with Crippen LogP contribution in [0.5, 0.6) is 0 Å². The average Bonchev–Trinajstić information content (AvgIpc) is 3.17. The molecule has 9 heteroatoms. The summed E-state index contributed by atoms with van der Waals surface area (Å²) in [6.07, 6.45) is 6.66. The summed E-state index contributed by atoms with van der Waals surface area (Å²) < 4.78 is 28.2. The highest BCUT2D eigenvalue weighted by molar-refractivity contribution is 6.05. The van der Waals surface area contributed by atoms with E-state index >= 15 is 0 Å². The zero-order chi connectivity index (χ0) is 21.6. The van der Waals surface area contributed by atoms with Gasteiger partial charge in [0.05, 0.1) is 31.3 Å². The van der Waals surface area contributed by atoms with Gasteiger partial charge in [-0.15, -0.1) is 0 Å². The van der Waals surface area contributed by atoms with Crippen LogP contribution in [0.25, 0.3) is 22.0 Å². The van der Waals surface area contributed by atoms with Gasteiger partial charge in [-0.3, -0.25) is 4.79 Å². The Bertz CT molecular complexity index is 1290. The Balaban J connectivity index is 1.37. The van der Waals surface area contributed by atoms with E-state index in [2.05, 4.69) is 20.3 Å².